The summed E-state index contributed by atoms with van der Waals surface area (Å²) in [6.45, 7) is 1.73. The second-order valence-corrected chi connectivity index (χ2v) is 7.78. The third-order valence-corrected chi connectivity index (χ3v) is 5.60. The minimum absolute atomic E-state index is 0.0568. The van der Waals surface area contributed by atoms with Gasteiger partial charge in [-0.1, -0.05) is 0 Å². The summed E-state index contributed by atoms with van der Waals surface area (Å²) in [6.07, 6.45) is -4.04. The first-order chi connectivity index (χ1) is 11.1. The molecule has 0 radical (unpaired) electrons. The van der Waals surface area contributed by atoms with Gasteiger partial charge in [0.2, 0.25) is 0 Å². The molecule has 0 aliphatic carbocycles. The highest BCUT2D eigenvalue weighted by Crippen LogP contribution is 2.30. The van der Waals surface area contributed by atoms with Crippen LogP contribution in [0.2, 0.25) is 0 Å². The van der Waals surface area contributed by atoms with Crippen molar-refractivity contribution in [2.75, 3.05) is 24.7 Å². The van der Waals surface area contributed by atoms with E-state index in [4.69, 9.17) is 4.74 Å². The predicted octanol–water partition coefficient (Wildman–Crippen LogP) is 2.12. The number of amides is 1. The van der Waals surface area contributed by atoms with Crippen LogP contribution in [0, 0.1) is 0 Å². The van der Waals surface area contributed by atoms with E-state index in [1.165, 1.54) is 4.90 Å². The van der Waals surface area contributed by atoms with Gasteiger partial charge in [0.15, 0.2) is 16.4 Å². The van der Waals surface area contributed by atoms with Crippen molar-refractivity contribution in [3.63, 3.8) is 0 Å². The number of alkyl halides is 3. The topological polar surface area (TPSA) is 63.7 Å². The monoisotopic (exact) mass is 365 g/mol. The number of nitrogens with zero attached hydrogens (tertiary/aromatic N) is 1. The average molecular weight is 365 g/mol. The normalized spacial score (nSPS) is 19.9. The third kappa shape index (κ3) is 4.62. The zero-order chi connectivity index (χ0) is 18.0. The molecule has 24 heavy (non-hydrogen) atoms. The lowest BCUT2D eigenvalue weighted by Crippen LogP contribution is -2.43. The molecule has 9 heteroatoms. The van der Waals surface area contributed by atoms with Gasteiger partial charge in [-0.3, -0.25) is 4.79 Å². The molecule has 1 fully saturated rings. The molecule has 0 saturated carbocycles. The van der Waals surface area contributed by atoms with Crippen molar-refractivity contribution in [1.82, 2.24) is 4.90 Å². The van der Waals surface area contributed by atoms with Gasteiger partial charge in [0, 0.05) is 12.6 Å². The summed E-state index contributed by atoms with van der Waals surface area (Å²) >= 11 is 0. The number of halogens is 3. The minimum Gasteiger partial charge on any atom is -0.484 e. The molecule has 1 saturated heterocycles. The molecule has 0 aromatic heterocycles. The molecule has 1 aliphatic rings. The van der Waals surface area contributed by atoms with Gasteiger partial charge in [0.1, 0.15) is 5.75 Å². The molecule has 1 heterocycles. The van der Waals surface area contributed by atoms with Crippen LogP contribution in [0.25, 0.3) is 0 Å². The summed E-state index contributed by atoms with van der Waals surface area (Å²) in [5, 5.41) is 0. The molecule has 0 bridgehead atoms. The van der Waals surface area contributed by atoms with Crippen LogP contribution in [0.5, 0.6) is 5.75 Å². The Kier molecular flexibility index (Phi) is 5.42. The first kappa shape index (κ1) is 18.6. The van der Waals surface area contributed by atoms with E-state index >= 15 is 0 Å². The SMILES string of the molecule is CCN(C(=O)COc1ccc(C(F)(F)F)cc1)C1CCS(=O)(=O)C1. The number of hydrogen-bond acceptors (Lipinski definition) is 4. The largest absolute Gasteiger partial charge is 0.484 e. The number of hydrogen-bond donors (Lipinski definition) is 0. The third-order valence-electron chi connectivity index (χ3n) is 3.85. The number of carbonyl (C=O) groups excluding carboxylic acids is 1. The summed E-state index contributed by atoms with van der Waals surface area (Å²) < 4.78 is 65.7. The van der Waals surface area contributed by atoms with Crippen LogP contribution in [0.4, 0.5) is 13.2 Å². The lowest BCUT2D eigenvalue weighted by Gasteiger charge is -2.26. The van der Waals surface area contributed by atoms with E-state index in [0.717, 1.165) is 24.3 Å². The van der Waals surface area contributed by atoms with Crippen molar-refractivity contribution < 1.29 is 31.1 Å². The Hall–Kier alpha value is -1.77. The Morgan fingerprint density at radius 3 is 2.38 bits per heavy atom. The molecule has 134 valence electrons. The van der Waals surface area contributed by atoms with E-state index < -0.39 is 21.6 Å². The highest BCUT2D eigenvalue weighted by molar-refractivity contribution is 7.91. The van der Waals surface area contributed by atoms with Gasteiger partial charge in [0.25, 0.3) is 5.91 Å². The van der Waals surface area contributed by atoms with Gasteiger partial charge in [-0.05, 0) is 37.6 Å². The molecule has 0 spiro atoms. The van der Waals surface area contributed by atoms with E-state index in [9.17, 15) is 26.4 Å². The maximum Gasteiger partial charge on any atom is 0.416 e. The lowest BCUT2D eigenvalue weighted by molar-refractivity contribution is -0.138. The fraction of sp³-hybridized carbons (Fsp3) is 0.533. The van der Waals surface area contributed by atoms with E-state index in [0.29, 0.717) is 13.0 Å². The van der Waals surface area contributed by atoms with Crippen LogP contribution in [0.3, 0.4) is 0 Å². The fourth-order valence-corrected chi connectivity index (χ4v) is 4.36. The summed E-state index contributed by atoms with van der Waals surface area (Å²) in [5.41, 5.74) is -0.799. The Balaban J connectivity index is 1.94. The van der Waals surface area contributed by atoms with Crippen LogP contribution in [-0.4, -0.2) is 49.9 Å². The van der Waals surface area contributed by atoms with E-state index in [1.54, 1.807) is 6.92 Å². The molecule has 1 aromatic rings. The van der Waals surface area contributed by atoms with Crippen LogP contribution >= 0.6 is 0 Å². The van der Waals surface area contributed by atoms with Gasteiger partial charge < -0.3 is 9.64 Å². The number of benzene rings is 1. The molecule has 1 atom stereocenters. The van der Waals surface area contributed by atoms with Gasteiger partial charge >= 0.3 is 6.18 Å². The number of sulfone groups is 1. The zero-order valence-electron chi connectivity index (χ0n) is 13.0. The number of ether oxygens (including phenoxy) is 1. The fourth-order valence-electron chi connectivity index (χ4n) is 2.63. The standard InChI is InChI=1S/C15H18F3NO4S/c1-2-19(12-7-8-24(21,22)10-12)14(20)9-23-13-5-3-11(4-6-13)15(16,17)18/h3-6,12H,2,7-10H2,1H3. The lowest BCUT2D eigenvalue weighted by atomic mass is 10.2. The number of rotatable bonds is 5. The molecule has 0 N–H and O–H groups in total. The average Bonchev–Trinajstić information content (AvgIpc) is 2.85. The Bertz CT molecular complexity index is 686. The second kappa shape index (κ2) is 7.00. The molecular formula is C15H18F3NO4S. The van der Waals surface area contributed by atoms with Gasteiger partial charge in [-0.25, -0.2) is 8.42 Å². The smallest absolute Gasteiger partial charge is 0.416 e. The van der Waals surface area contributed by atoms with Crippen molar-refractivity contribution >= 4 is 15.7 Å². The molecule has 1 aromatic carbocycles. The van der Waals surface area contributed by atoms with E-state index in [-0.39, 0.29) is 35.8 Å². The van der Waals surface area contributed by atoms with Crippen LogP contribution in [0.1, 0.15) is 18.9 Å². The molecule has 1 unspecified atom stereocenters. The van der Waals surface area contributed by atoms with E-state index in [2.05, 4.69) is 0 Å². The van der Waals surface area contributed by atoms with Crippen molar-refractivity contribution in [3.8, 4) is 5.75 Å². The van der Waals surface area contributed by atoms with Crippen molar-refractivity contribution in [2.24, 2.45) is 0 Å². The first-order valence-electron chi connectivity index (χ1n) is 7.42. The zero-order valence-corrected chi connectivity index (χ0v) is 13.9. The molecule has 2 rings (SSSR count). The second-order valence-electron chi connectivity index (χ2n) is 5.55. The Labute approximate surface area is 138 Å². The maximum absolute atomic E-state index is 12.5. The predicted molar refractivity (Wildman–Crippen MR) is 81.4 cm³/mol. The summed E-state index contributed by atoms with van der Waals surface area (Å²) in [4.78, 5) is 13.6. The van der Waals surface area contributed by atoms with Crippen LogP contribution < -0.4 is 4.74 Å². The van der Waals surface area contributed by atoms with Gasteiger partial charge in [-0.2, -0.15) is 13.2 Å². The number of likely N-dealkylation sites (N-methyl/N-ethyl adjacent to an activating group) is 1. The summed E-state index contributed by atoms with van der Waals surface area (Å²) in [5.74, 6) is -0.250. The Morgan fingerprint density at radius 2 is 1.92 bits per heavy atom. The van der Waals surface area contributed by atoms with Crippen LogP contribution in [0.15, 0.2) is 24.3 Å². The maximum atomic E-state index is 12.5. The molecule has 1 amide bonds. The van der Waals surface area contributed by atoms with Crippen LogP contribution in [-0.2, 0) is 20.8 Å². The Morgan fingerprint density at radius 1 is 1.29 bits per heavy atom. The number of carbonyl (C=O) groups is 1. The highest BCUT2D eigenvalue weighted by Gasteiger charge is 2.34. The summed E-state index contributed by atoms with van der Waals surface area (Å²) in [6, 6.07) is 3.67. The van der Waals surface area contributed by atoms with E-state index in [1.807, 2.05) is 0 Å². The van der Waals surface area contributed by atoms with Crippen molar-refractivity contribution in [2.45, 2.75) is 25.6 Å². The molecule has 5 nitrogen and oxygen atoms in total. The van der Waals surface area contributed by atoms with Crippen molar-refractivity contribution in [3.05, 3.63) is 29.8 Å². The quantitative estimate of drug-likeness (QED) is 0.802. The van der Waals surface area contributed by atoms with Crippen molar-refractivity contribution in [1.29, 1.82) is 0 Å². The first-order valence-corrected chi connectivity index (χ1v) is 9.24. The summed E-state index contributed by atoms with van der Waals surface area (Å²) in [7, 11) is -3.11. The molecule has 1 aliphatic heterocycles. The molecular weight excluding hydrogens is 347 g/mol. The minimum atomic E-state index is -4.43. The van der Waals surface area contributed by atoms with Gasteiger partial charge in [0.05, 0.1) is 17.1 Å². The van der Waals surface area contributed by atoms with Gasteiger partial charge in [-0.15, -0.1) is 0 Å². The highest BCUT2D eigenvalue weighted by atomic mass is 32.2.